The maximum Gasteiger partial charge on any atom is 0.191 e. The molecule has 112 valence electrons. The first-order chi connectivity index (χ1) is 10.0. The van der Waals surface area contributed by atoms with Gasteiger partial charge in [0.25, 0.3) is 0 Å². The van der Waals surface area contributed by atoms with Crippen molar-refractivity contribution < 1.29 is 4.42 Å². The zero-order valence-electron chi connectivity index (χ0n) is 13.1. The minimum Gasteiger partial charge on any atom is -0.449 e. The molecule has 1 unspecified atom stereocenters. The number of benzene rings is 1. The summed E-state index contributed by atoms with van der Waals surface area (Å²) in [5.74, 6) is 0.705. The summed E-state index contributed by atoms with van der Waals surface area (Å²) in [6, 6.07) is 9.06. The Bertz CT molecular complexity index is 598. The Hall–Kier alpha value is -1.77. The van der Waals surface area contributed by atoms with Crippen LogP contribution in [0.5, 0.6) is 0 Å². The largest absolute Gasteiger partial charge is 0.449 e. The average molecular weight is 284 g/mol. The van der Waals surface area contributed by atoms with Crippen molar-refractivity contribution in [2.24, 2.45) is 5.41 Å². The molecule has 3 nitrogen and oxygen atoms in total. The first-order valence-corrected chi connectivity index (χ1v) is 7.84. The number of hydrogen-bond acceptors (Lipinski definition) is 3. The summed E-state index contributed by atoms with van der Waals surface area (Å²) in [7, 11) is 0. The van der Waals surface area contributed by atoms with Gasteiger partial charge in [-0.3, -0.25) is 0 Å². The predicted octanol–water partition coefficient (Wildman–Crippen LogP) is 5.03. The molecule has 0 saturated heterocycles. The van der Waals surface area contributed by atoms with E-state index in [9.17, 15) is 0 Å². The van der Waals surface area contributed by atoms with Crippen molar-refractivity contribution >= 4 is 5.69 Å². The molecule has 0 bridgehead atoms. The number of oxazole rings is 1. The van der Waals surface area contributed by atoms with Crippen LogP contribution in [-0.4, -0.2) is 11.0 Å². The van der Waals surface area contributed by atoms with Crippen LogP contribution in [0.15, 0.2) is 34.9 Å². The van der Waals surface area contributed by atoms with Gasteiger partial charge in [-0.15, -0.1) is 0 Å². The zero-order chi connectivity index (χ0) is 14.9. The Morgan fingerprint density at radius 2 is 1.95 bits per heavy atom. The molecular weight excluding hydrogens is 260 g/mol. The normalized spacial score (nSPS) is 21.2. The number of aromatic nitrogens is 1. The van der Waals surface area contributed by atoms with Crippen molar-refractivity contribution in [3.05, 3.63) is 36.4 Å². The molecule has 0 radical (unpaired) electrons. The highest BCUT2D eigenvalue weighted by Crippen LogP contribution is 2.37. The van der Waals surface area contributed by atoms with Crippen LogP contribution in [0.25, 0.3) is 11.3 Å². The van der Waals surface area contributed by atoms with Gasteiger partial charge < -0.3 is 9.73 Å². The molecule has 3 heteroatoms. The number of anilines is 1. The van der Waals surface area contributed by atoms with Crippen molar-refractivity contribution in [2.45, 2.75) is 52.5 Å². The van der Waals surface area contributed by atoms with Gasteiger partial charge in [0.1, 0.15) is 12.0 Å². The molecule has 1 saturated carbocycles. The second-order valence-electron chi connectivity index (χ2n) is 6.76. The monoisotopic (exact) mass is 284 g/mol. The average Bonchev–Trinajstić information content (AvgIpc) is 2.89. The smallest absolute Gasteiger partial charge is 0.191 e. The van der Waals surface area contributed by atoms with Crippen LogP contribution >= 0.6 is 0 Å². The lowest BCUT2D eigenvalue weighted by atomic mass is 9.73. The Labute approximate surface area is 126 Å². The molecule has 0 spiro atoms. The number of rotatable bonds is 3. The summed E-state index contributed by atoms with van der Waals surface area (Å²) in [4.78, 5) is 4.36. The molecule has 1 aliphatic carbocycles. The highest BCUT2D eigenvalue weighted by atomic mass is 16.3. The number of nitrogens with one attached hydrogen (secondary N) is 1. The van der Waals surface area contributed by atoms with Crippen LogP contribution in [0.2, 0.25) is 0 Å². The van der Waals surface area contributed by atoms with Crippen molar-refractivity contribution in [1.82, 2.24) is 4.98 Å². The van der Waals surface area contributed by atoms with Gasteiger partial charge in [-0.2, -0.15) is 0 Å². The third-order valence-electron chi connectivity index (χ3n) is 4.65. The van der Waals surface area contributed by atoms with E-state index in [2.05, 4.69) is 48.4 Å². The highest BCUT2D eigenvalue weighted by molar-refractivity contribution is 5.62. The van der Waals surface area contributed by atoms with Gasteiger partial charge in [-0.25, -0.2) is 4.98 Å². The van der Waals surface area contributed by atoms with Gasteiger partial charge in [0.15, 0.2) is 5.89 Å². The maximum absolute atomic E-state index is 5.27. The fraction of sp³-hybridized carbons (Fsp3) is 0.500. The van der Waals surface area contributed by atoms with Crippen LogP contribution in [-0.2, 0) is 0 Å². The Kier molecular flexibility index (Phi) is 3.75. The molecule has 1 aromatic carbocycles. The van der Waals surface area contributed by atoms with E-state index in [1.807, 2.05) is 6.92 Å². The Morgan fingerprint density at radius 3 is 2.57 bits per heavy atom. The summed E-state index contributed by atoms with van der Waals surface area (Å²) in [6.07, 6.45) is 6.97. The topological polar surface area (TPSA) is 38.1 Å². The zero-order valence-corrected chi connectivity index (χ0v) is 13.1. The molecule has 1 aliphatic rings. The molecule has 0 aliphatic heterocycles. The lowest BCUT2D eigenvalue weighted by molar-refractivity contribution is 0.217. The quantitative estimate of drug-likeness (QED) is 0.859. The number of hydrogen-bond donors (Lipinski definition) is 1. The second kappa shape index (κ2) is 5.55. The molecule has 0 amide bonds. The van der Waals surface area contributed by atoms with Gasteiger partial charge in [0.2, 0.25) is 0 Å². The molecule has 1 atom stereocenters. The van der Waals surface area contributed by atoms with Crippen molar-refractivity contribution in [1.29, 1.82) is 0 Å². The van der Waals surface area contributed by atoms with E-state index in [1.54, 1.807) is 6.26 Å². The lowest BCUT2D eigenvalue weighted by Crippen LogP contribution is -2.38. The van der Waals surface area contributed by atoms with Crippen LogP contribution in [0.3, 0.4) is 0 Å². The fourth-order valence-corrected chi connectivity index (χ4v) is 3.20. The van der Waals surface area contributed by atoms with Crippen molar-refractivity contribution in [3.63, 3.8) is 0 Å². The minimum atomic E-state index is 0.375. The van der Waals surface area contributed by atoms with E-state index < -0.39 is 0 Å². The highest BCUT2D eigenvalue weighted by Gasteiger charge is 2.31. The fourth-order valence-electron chi connectivity index (χ4n) is 3.20. The summed E-state index contributed by atoms with van der Waals surface area (Å²) in [5, 5.41) is 3.71. The summed E-state index contributed by atoms with van der Waals surface area (Å²) < 4.78 is 5.27. The van der Waals surface area contributed by atoms with Crippen LogP contribution in [0.4, 0.5) is 5.69 Å². The standard InChI is InChI=1S/C18H24N2O/c1-13-19-16(12-21-13)14-7-9-15(10-8-14)20-17-6-4-5-11-18(17,2)3/h7-10,12,17,20H,4-6,11H2,1-3H3. The molecule has 21 heavy (non-hydrogen) atoms. The van der Waals surface area contributed by atoms with Gasteiger partial charge >= 0.3 is 0 Å². The summed E-state index contributed by atoms with van der Waals surface area (Å²) in [5.41, 5.74) is 3.57. The van der Waals surface area contributed by atoms with Gasteiger partial charge in [-0.05, 0) is 30.4 Å². The molecule has 1 aromatic heterocycles. The van der Waals surface area contributed by atoms with Crippen LogP contribution in [0.1, 0.15) is 45.4 Å². The molecule has 3 rings (SSSR count). The third kappa shape index (κ3) is 3.12. The molecule has 1 fully saturated rings. The van der Waals surface area contributed by atoms with Gasteiger partial charge in [-0.1, -0.05) is 38.8 Å². The lowest BCUT2D eigenvalue weighted by Gasteiger charge is -2.39. The molecule has 1 N–H and O–H groups in total. The summed E-state index contributed by atoms with van der Waals surface area (Å²) in [6.45, 7) is 6.61. The minimum absolute atomic E-state index is 0.375. The third-order valence-corrected chi connectivity index (χ3v) is 4.65. The second-order valence-corrected chi connectivity index (χ2v) is 6.76. The Balaban J connectivity index is 1.72. The Morgan fingerprint density at radius 1 is 1.19 bits per heavy atom. The maximum atomic E-state index is 5.27. The van der Waals surface area contributed by atoms with E-state index in [0.717, 1.165) is 11.3 Å². The first kappa shape index (κ1) is 14.2. The molecule has 2 aromatic rings. The number of nitrogens with zero attached hydrogens (tertiary/aromatic N) is 1. The van der Waals surface area contributed by atoms with E-state index >= 15 is 0 Å². The van der Waals surface area contributed by atoms with E-state index in [4.69, 9.17) is 4.42 Å². The van der Waals surface area contributed by atoms with Gasteiger partial charge in [0, 0.05) is 24.2 Å². The van der Waals surface area contributed by atoms with E-state index in [0.29, 0.717) is 17.3 Å². The summed E-state index contributed by atoms with van der Waals surface area (Å²) >= 11 is 0. The van der Waals surface area contributed by atoms with Crippen LogP contribution < -0.4 is 5.32 Å². The van der Waals surface area contributed by atoms with E-state index in [-0.39, 0.29) is 0 Å². The molecular formula is C18H24N2O. The molecule has 1 heterocycles. The predicted molar refractivity (Wildman–Crippen MR) is 86.3 cm³/mol. The first-order valence-electron chi connectivity index (χ1n) is 7.84. The van der Waals surface area contributed by atoms with Crippen LogP contribution in [0, 0.1) is 12.3 Å². The van der Waals surface area contributed by atoms with Crippen molar-refractivity contribution in [3.8, 4) is 11.3 Å². The number of aryl methyl sites for hydroxylation is 1. The van der Waals surface area contributed by atoms with Crippen molar-refractivity contribution in [2.75, 3.05) is 5.32 Å². The van der Waals surface area contributed by atoms with Gasteiger partial charge in [0.05, 0.1) is 0 Å². The SMILES string of the molecule is Cc1nc(-c2ccc(NC3CCCCC3(C)C)cc2)co1. The van der Waals surface area contributed by atoms with E-state index in [1.165, 1.54) is 31.4 Å².